The van der Waals surface area contributed by atoms with Crippen LogP contribution in [-0.2, 0) is 14.3 Å². The van der Waals surface area contributed by atoms with Gasteiger partial charge in [0.1, 0.15) is 17.7 Å². The molecule has 0 heterocycles. The van der Waals surface area contributed by atoms with Crippen molar-refractivity contribution in [1.29, 1.82) is 0 Å². The maximum atomic E-state index is 14.6. The summed E-state index contributed by atoms with van der Waals surface area (Å²) in [5.41, 5.74) is 3.18. The molecule has 0 radical (unpaired) electrons. The number of aryl methyl sites for hydroxylation is 2. The predicted octanol–water partition coefficient (Wildman–Crippen LogP) is 8.09. The van der Waals surface area contributed by atoms with Crippen molar-refractivity contribution >= 4 is 23.6 Å². The molecule has 0 fully saturated rings. The van der Waals surface area contributed by atoms with Gasteiger partial charge in [-0.3, -0.25) is 9.59 Å². The van der Waals surface area contributed by atoms with Crippen LogP contribution >= 0.6 is 0 Å². The minimum atomic E-state index is -0.948. The number of para-hydroxylation sites is 1. The maximum Gasteiger partial charge on any atom is 0.408 e. The molecule has 3 atom stereocenters. The van der Waals surface area contributed by atoms with E-state index in [9.17, 15) is 14.4 Å². The first-order valence-corrected chi connectivity index (χ1v) is 16.1. The van der Waals surface area contributed by atoms with Crippen molar-refractivity contribution in [1.82, 2.24) is 10.2 Å². The lowest BCUT2D eigenvalue weighted by molar-refractivity contribution is -0.142. The van der Waals surface area contributed by atoms with E-state index in [1.165, 1.54) is 6.42 Å². The van der Waals surface area contributed by atoms with Crippen LogP contribution in [0.3, 0.4) is 0 Å². The fraction of sp³-hybridized carbons (Fsp3) is 0.541. The summed E-state index contributed by atoms with van der Waals surface area (Å²) in [6.45, 7) is 15.7. The van der Waals surface area contributed by atoms with E-state index in [1.807, 2.05) is 58.0 Å². The molecule has 0 saturated heterocycles. The first kappa shape index (κ1) is 36.4. The van der Waals surface area contributed by atoms with Crippen molar-refractivity contribution in [2.45, 2.75) is 118 Å². The third kappa shape index (κ3) is 11.0. The van der Waals surface area contributed by atoms with Crippen LogP contribution in [0.25, 0.3) is 0 Å². The van der Waals surface area contributed by atoms with Crippen LogP contribution < -0.4 is 10.6 Å². The highest BCUT2D eigenvalue weighted by molar-refractivity contribution is 6.00. The number of alkyl carbamates (subject to hydrolysis) is 1. The number of nitrogens with zero attached hydrogens (tertiary/aromatic N) is 1. The largest absolute Gasteiger partial charge is 0.444 e. The fourth-order valence-electron chi connectivity index (χ4n) is 5.16. The number of amides is 3. The summed E-state index contributed by atoms with van der Waals surface area (Å²) in [4.78, 5) is 43.5. The number of anilines is 1. The van der Waals surface area contributed by atoms with Crippen LogP contribution in [-0.4, -0.2) is 41.0 Å². The monoisotopic (exact) mass is 603 g/mol. The molecular formula is C37H53N3O4. The number of benzene rings is 2. The summed E-state index contributed by atoms with van der Waals surface area (Å²) in [5, 5.41) is 5.97. The molecule has 0 saturated carbocycles. The molecule has 7 nitrogen and oxygen atoms in total. The standard InChI is InChI=1S/C37H53N3O4/c1-10-13-14-15-16-17-25-40(35(42)32(26(4)11-2)39-36(43)44-37(7,8)9)33(30-23-21-29(12-3)22-24-30)34(41)38-31-27(5)19-18-20-28(31)6/h3,18-24,26,32-33H,10-11,13-17,25H2,1-2,4-9H3,(H,38,41)(H,39,43). The molecule has 2 N–H and O–H groups in total. The average molecular weight is 604 g/mol. The summed E-state index contributed by atoms with van der Waals surface area (Å²) in [6, 6.07) is 11.2. The van der Waals surface area contributed by atoms with Crippen LogP contribution in [0.5, 0.6) is 0 Å². The summed E-state index contributed by atoms with van der Waals surface area (Å²) >= 11 is 0. The summed E-state index contributed by atoms with van der Waals surface area (Å²) in [7, 11) is 0. The number of hydrogen-bond acceptors (Lipinski definition) is 4. The molecule has 240 valence electrons. The molecular weight excluding hydrogens is 550 g/mol. The highest BCUT2D eigenvalue weighted by Crippen LogP contribution is 2.29. The Labute approximate surface area is 265 Å². The van der Waals surface area contributed by atoms with Gasteiger partial charge in [-0.25, -0.2) is 4.79 Å². The summed E-state index contributed by atoms with van der Waals surface area (Å²) in [5.74, 6) is 1.78. The predicted molar refractivity (Wildman–Crippen MR) is 179 cm³/mol. The number of rotatable bonds is 15. The zero-order valence-corrected chi connectivity index (χ0v) is 28.1. The smallest absolute Gasteiger partial charge is 0.408 e. The van der Waals surface area contributed by atoms with Crippen molar-refractivity contribution in [3.8, 4) is 12.3 Å². The number of terminal acetylenes is 1. The van der Waals surface area contributed by atoms with E-state index in [2.05, 4.69) is 23.5 Å². The lowest BCUT2D eigenvalue weighted by Gasteiger charge is -2.36. The molecule has 0 aromatic heterocycles. The molecule has 7 heteroatoms. The van der Waals surface area contributed by atoms with E-state index >= 15 is 0 Å². The van der Waals surface area contributed by atoms with Gasteiger partial charge in [-0.2, -0.15) is 0 Å². The zero-order chi connectivity index (χ0) is 32.9. The van der Waals surface area contributed by atoms with Gasteiger partial charge >= 0.3 is 6.09 Å². The molecule has 3 amide bonds. The molecule has 0 spiro atoms. The molecule has 3 unspecified atom stereocenters. The molecule has 0 aliphatic rings. The van der Waals surface area contributed by atoms with Crippen LogP contribution in [0.15, 0.2) is 42.5 Å². The van der Waals surface area contributed by atoms with Gasteiger partial charge in [0.05, 0.1) is 0 Å². The van der Waals surface area contributed by atoms with Crippen LogP contribution in [0.1, 0.15) is 115 Å². The number of hydrogen-bond donors (Lipinski definition) is 2. The van der Waals surface area contributed by atoms with Crippen molar-refractivity contribution in [2.75, 3.05) is 11.9 Å². The van der Waals surface area contributed by atoms with E-state index in [0.717, 1.165) is 48.9 Å². The summed E-state index contributed by atoms with van der Waals surface area (Å²) in [6.07, 6.45) is 11.8. The van der Waals surface area contributed by atoms with Crippen LogP contribution in [0, 0.1) is 32.1 Å². The Balaban J connectivity index is 2.59. The highest BCUT2D eigenvalue weighted by atomic mass is 16.6. The Hall–Kier alpha value is -3.79. The Bertz CT molecular complexity index is 1250. The molecule has 0 aliphatic heterocycles. The normalized spacial score (nSPS) is 13.2. The molecule has 0 bridgehead atoms. The highest BCUT2D eigenvalue weighted by Gasteiger charge is 2.38. The van der Waals surface area contributed by atoms with Gasteiger partial charge in [0, 0.05) is 17.8 Å². The third-order valence-corrected chi connectivity index (χ3v) is 7.87. The first-order valence-electron chi connectivity index (χ1n) is 16.1. The number of carbonyl (C=O) groups excluding carboxylic acids is 3. The van der Waals surface area contributed by atoms with Crippen molar-refractivity contribution in [3.63, 3.8) is 0 Å². The zero-order valence-electron chi connectivity index (χ0n) is 28.1. The SMILES string of the molecule is C#Cc1ccc(C(C(=O)Nc2c(C)cccc2C)N(CCCCCCCC)C(=O)C(NC(=O)OC(C)(C)C)C(C)CC)cc1. The Kier molecular flexibility index (Phi) is 14.5. The topological polar surface area (TPSA) is 87.7 Å². The number of carbonyl (C=O) groups is 3. The molecule has 0 aliphatic carbocycles. The molecule has 2 aromatic carbocycles. The van der Waals surface area contributed by atoms with Gasteiger partial charge in [-0.15, -0.1) is 6.42 Å². The van der Waals surface area contributed by atoms with E-state index in [1.54, 1.807) is 37.8 Å². The first-order chi connectivity index (χ1) is 20.8. The quantitative estimate of drug-likeness (QED) is 0.159. The summed E-state index contributed by atoms with van der Waals surface area (Å²) < 4.78 is 5.53. The number of ether oxygens (including phenoxy) is 1. The average Bonchev–Trinajstić information content (AvgIpc) is 2.97. The van der Waals surface area contributed by atoms with Gasteiger partial charge < -0.3 is 20.3 Å². The molecule has 44 heavy (non-hydrogen) atoms. The second-order valence-electron chi connectivity index (χ2n) is 12.7. The fourth-order valence-corrected chi connectivity index (χ4v) is 5.16. The molecule has 2 rings (SSSR count). The third-order valence-electron chi connectivity index (χ3n) is 7.87. The minimum absolute atomic E-state index is 0.201. The maximum absolute atomic E-state index is 14.6. The van der Waals surface area contributed by atoms with Crippen molar-refractivity contribution < 1.29 is 19.1 Å². The van der Waals surface area contributed by atoms with Gasteiger partial charge in [-0.1, -0.05) is 95.5 Å². The lowest BCUT2D eigenvalue weighted by Crippen LogP contribution is -2.55. The van der Waals surface area contributed by atoms with E-state index < -0.39 is 23.8 Å². The second kappa shape index (κ2) is 17.5. The van der Waals surface area contributed by atoms with Crippen molar-refractivity contribution in [3.05, 3.63) is 64.7 Å². The lowest BCUT2D eigenvalue weighted by atomic mass is 9.95. The Morgan fingerprint density at radius 2 is 1.52 bits per heavy atom. The second-order valence-corrected chi connectivity index (χ2v) is 12.7. The van der Waals surface area contributed by atoms with Crippen molar-refractivity contribution in [2.24, 2.45) is 5.92 Å². The van der Waals surface area contributed by atoms with E-state index in [-0.39, 0.29) is 17.7 Å². The minimum Gasteiger partial charge on any atom is -0.444 e. The number of nitrogens with one attached hydrogen (secondary N) is 2. The van der Waals surface area contributed by atoms with E-state index in [0.29, 0.717) is 24.1 Å². The van der Waals surface area contributed by atoms with Gasteiger partial charge in [0.2, 0.25) is 5.91 Å². The van der Waals surface area contributed by atoms with Crippen LogP contribution in [0.2, 0.25) is 0 Å². The Morgan fingerprint density at radius 1 is 0.932 bits per heavy atom. The Morgan fingerprint density at radius 3 is 2.07 bits per heavy atom. The van der Waals surface area contributed by atoms with Gasteiger partial charge in [0.25, 0.3) is 5.91 Å². The van der Waals surface area contributed by atoms with Crippen LogP contribution in [0.4, 0.5) is 10.5 Å². The van der Waals surface area contributed by atoms with E-state index in [4.69, 9.17) is 11.2 Å². The van der Waals surface area contributed by atoms with Gasteiger partial charge in [-0.05, 0) is 75.8 Å². The number of unbranched alkanes of at least 4 members (excludes halogenated alkanes) is 5. The molecule has 2 aromatic rings. The van der Waals surface area contributed by atoms with Gasteiger partial charge in [0.15, 0.2) is 0 Å².